The number of carbonyl (C=O) groups excluding carboxylic acids is 1. The summed E-state index contributed by atoms with van der Waals surface area (Å²) in [4.78, 5) is 14.9. The largest absolute Gasteiger partial charge is 0.352 e. The minimum Gasteiger partial charge on any atom is -0.352 e. The van der Waals surface area contributed by atoms with Gasteiger partial charge >= 0.3 is 0 Å². The van der Waals surface area contributed by atoms with Crippen molar-refractivity contribution in [2.24, 2.45) is 11.8 Å². The predicted molar refractivity (Wildman–Crippen MR) is 111 cm³/mol. The Morgan fingerprint density at radius 1 is 1.15 bits per heavy atom. The van der Waals surface area contributed by atoms with Gasteiger partial charge in [0.1, 0.15) is 0 Å². The fraction of sp³-hybridized carbons (Fsp3) is 0.696. The van der Waals surface area contributed by atoms with Crippen LogP contribution in [0.25, 0.3) is 0 Å². The second-order valence-electron chi connectivity index (χ2n) is 8.56. The van der Waals surface area contributed by atoms with E-state index in [0.29, 0.717) is 24.8 Å². The van der Waals surface area contributed by atoms with E-state index in [1.54, 1.807) is 0 Å². The molecular formula is C23H37N3O. The van der Waals surface area contributed by atoms with Gasteiger partial charge in [-0.15, -0.1) is 0 Å². The van der Waals surface area contributed by atoms with Crippen molar-refractivity contribution in [3.8, 4) is 0 Å². The number of piperidine rings is 1. The van der Waals surface area contributed by atoms with Crippen molar-refractivity contribution in [3.63, 3.8) is 0 Å². The molecule has 150 valence electrons. The quantitative estimate of drug-likeness (QED) is 0.768. The van der Waals surface area contributed by atoms with E-state index in [4.69, 9.17) is 0 Å². The van der Waals surface area contributed by atoms with Gasteiger partial charge in [-0.05, 0) is 74.8 Å². The van der Waals surface area contributed by atoms with Gasteiger partial charge in [-0.1, -0.05) is 44.0 Å². The zero-order valence-corrected chi connectivity index (χ0v) is 17.0. The Hall–Kier alpha value is -1.39. The summed E-state index contributed by atoms with van der Waals surface area (Å²) in [5, 5.41) is 6.55. The average molecular weight is 372 g/mol. The summed E-state index contributed by atoms with van der Waals surface area (Å²) in [6.07, 6.45) is 8.45. The van der Waals surface area contributed by atoms with Gasteiger partial charge in [0.05, 0.1) is 0 Å². The van der Waals surface area contributed by atoms with Crippen LogP contribution in [-0.2, 0) is 17.9 Å². The number of carbonyl (C=O) groups is 1. The van der Waals surface area contributed by atoms with Gasteiger partial charge in [0, 0.05) is 19.5 Å². The van der Waals surface area contributed by atoms with E-state index >= 15 is 0 Å². The van der Waals surface area contributed by atoms with Crippen molar-refractivity contribution in [1.29, 1.82) is 0 Å². The third kappa shape index (κ3) is 6.93. The van der Waals surface area contributed by atoms with Crippen molar-refractivity contribution in [2.75, 3.05) is 26.2 Å². The van der Waals surface area contributed by atoms with Crippen LogP contribution < -0.4 is 10.6 Å². The Morgan fingerprint density at radius 2 is 1.85 bits per heavy atom. The van der Waals surface area contributed by atoms with Crippen LogP contribution in [-0.4, -0.2) is 37.0 Å². The molecule has 1 aromatic carbocycles. The van der Waals surface area contributed by atoms with Gasteiger partial charge in [-0.2, -0.15) is 0 Å². The molecule has 4 heteroatoms. The molecule has 1 atom stereocenters. The molecule has 0 spiro atoms. The summed E-state index contributed by atoms with van der Waals surface area (Å²) in [7, 11) is 0. The molecular weight excluding hydrogens is 334 g/mol. The van der Waals surface area contributed by atoms with Crippen LogP contribution in [0, 0.1) is 11.8 Å². The Balaban J connectivity index is 1.43. The predicted octanol–water partition coefficient (Wildman–Crippen LogP) is 3.70. The van der Waals surface area contributed by atoms with Gasteiger partial charge in [0.2, 0.25) is 5.91 Å². The number of nitrogens with one attached hydrogen (secondary N) is 2. The first-order chi connectivity index (χ1) is 13.2. The molecule has 3 rings (SSSR count). The maximum absolute atomic E-state index is 12.4. The van der Waals surface area contributed by atoms with E-state index < -0.39 is 0 Å². The van der Waals surface area contributed by atoms with Crippen LogP contribution in [0.15, 0.2) is 24.3 Å². The van der Waals surface area contributed by atoms with E-state index in [1.165, 1.54) is 62.7 Å². The summed E-state index contributed by atoms with van der Waals surface area (Å²) in [6.45, 7) is 8.55. The van der Waals surface area contributed by atoms with Crippen molar-refractivity contribution in [2.45, 2.75) is 65.0 Å². The molecule has 0 saturated carbocycles. The summed E-state index contributed by atoms with van der Waals surface area (Å²) < 4.78 is 0. The molecule has 4 nitrogen and oxygen atoms in total. The minimum absolute atomic E-state index is 0.193. The molecule has 0 aliphatic carbocycles. The van der Waals surface area contributed by atoms with E-state index in [9.17, 15) is 4.79 Å². The summed E-state index contributed by atoms with van der Waals surface area (Å²) >= 11 is 0. The van der Waals surface area contributed by atoms with Crippen molar-refractivity contribution >= 4 is 5.91 Å². The molecule has 2 aliphatic rings. The Kier molecular flexibility index (Phi) is 8.15. The molecule has 2 fully saturated rings. The monoisotopic (exact) mass is 371 g/mol. The zero-order chi connectivity index (χ0) is 18.9. The SMILES string of the molecule is CC(CC(=O)NCc1cccc(CN2CCCCCC2)c1)C1CCNCC1. The molecule has 0 aromatic heterocycles. The molecule has 2 saturated heterocycles. The average Bonchev–Trinajstić information content (AvgIpc) is 2.96. The third-order valence-electron chi connectivity index (χ3n) is 6.28. The lowest BCUT2D eigenvalue weighted by molar-refractivity contribution is -0.122. The van der Waals surface area contributed by atoms with Gasteiger partial charge in [-0.25, -0.2) is 0 Å². The Bertz CT molecular complexity index is 575. The minimum atomic E-state index is 0.193. The number of hydrogen-bond acceptors (Lipinski definition) is 3. The Morgan fingerprint density at radius 3 is 2.59 bits per heavy atom. The van der Waals surface area contributed by atoms with Gasteiger partial charge in [0.25, 0.3) is 0 Å². The molecule has 0 bridgehead atoms. The van der Waals surface area contributed by atoms with Crippen LogP contribution in [0.4, 0.5) is 0 Å². The first kappa shape index (κ1) is 20.3. The maximum atomic E-state index is 12.4. The van der Waals surface area contributed by atoms with Crippen LogP contribution in [0.2, 0.25) is 0 Å². The number of hydrogen-bond donors (Lipinski definition) is 2. The highest BCUT2D eigenvalue weighted by Crippen LogP contribution is 2.24. The lowest BCUT2D eigenvalue weighted by Gasteiger charge is -2.27. The number of nitrogens with zero attached hydrogens (tertiary/aromatic N) is 1. The van der Waals surface area contributed by atoms with E-state index in [-0.39, 0.29) is 5.91 Å². The van der Waals surface area contributed by atoms with Crippen LogP contribution >= 0.6 is 0 Å². The topological polar surface area (TPSA) is 44.4 Å². The molecule has 2 heterocycles. The van der Waals surface area contributed by atoms with Crippen LogP contribution in [0.3, 0.4) is 0 Å². The zero-order valence-electron chi connectivity index (χ0n) is 17.0. The number of amides is 1. The summed E-state index contributed by atoms with van der Waals surface area (Å²) in [5.74, 6) is 1.36. The highest BCUT2D eigenvalue weighted by molar-refractivity contribution is 5.76. The fourth-order valence-corrected chi connectivity index (χ4v) is 4.54. The molecule has 1 aromatic rings. The second kappa shape index (κ2) is 10.8. The number of likely N-dealkylation sites (tertiary alicyclic amines) is 1. The standard InChI is InChI=1S/C23H37N3O/c1-19(22-9-11-24-12-10-22)15-23(27)25-17-20-7-6-8-21(16-20)18-26-13-4-2-3-5-14-26/h6-8,16,19,22,24H,2-5,9-15,17-18H2,1H3,(H,25,27). The van der Waals surface area contributed by atoms with Crippen molar-refractivity contribution < 1.29 is 4.79 Å². The molecule has 1 unspecified atom stereocenters. The van der Waals surface area contributed by atoms with Crippen molar-refractivity contribution in [3.05, 3.63) is 35.4 Å². The highest BCUT2D eigenvalue weighted by Gasteiger charge is 2.21. The lowest BCUT2D eigenvalue weighted by Crippen LogP contribution is -2.33. The Labute approximate surface area is 165 Å². The smallest absolute Gasteiger partial charge is 0.220 e. The van der Waals surface area contributed by atoms with E-state index in [2.05, 4.69) is 46.7 Å². The summed E-state index contributed by atoms with van der Waals surface area (Å²) in [6, 6.07) is 8.74. The molecule has 1 amide bonds. The van der Waals surface area contributed by atoms with E-state index in [0.717, 1.165) is 19.6 Å². The molecule has 0 radical (unpaired) electrons. The molecule has 2 N–H and O–H groups in total. The molecule has 27 heavy (non-hydrogen) atoms. The number of rotatable bonds is 7. The fourth-order valence-electron chi connectivity index (χ4n) is 4.54. The van der Waals surface area contributed by atoms with E-state index in [1.807, 2.05) is 0 Å². The lowest BCUT2D eigenvalue weighted by atomic mass is 9.84. The first-order valence-corrected chi connectivity index (χ1v) is 11.0. The van der Waals surface area contributed by atoms with Crippen LogP contribution in [0.1, 0.15) is 63.0 Å². The van der Waals surface area contributed by atoms with Crippen molar-refractivity contribution in [1.82, 2.24) is 15.5 Å². The summed E-state index contributed by atoms with van der Waals surface area (Å²) in [5.41, 5.74) is 2.58. The van der Waals surface area contributed by atoms with Crippen LogP contribution in [0.5, 0.6) is 0 Å². The third-order valence-corrected chi connectivity index (χ3v) is 6.28. The normalized spacial score (nSPS) is 20.8. The second-order valence-corrected chi connectivity index (χ2v) is 8.56. The van der Waals surface area contributed by atoms with Gasteiger partial charge in [0.15, 0.2) is 0 Å². The molecule has 2 aliphatic heterocycles. The maximum Gasteiger partial charge on any atom is 0.220 e. The van der Waals surface area contributed by atoms with Gasteiger partial charge < -0.3 is 10.6 Å². The van der Waals surface area contributed by atoms with Gasteiger partial charge in [-0.3, -0.25) is 9.69 Å². The first-order valence-electron chi connectivity index (χ1n) is 11.0. The number of benzene rings is 1. The highest BCUT2D eigenvalue weighted by atomic mass is 16.1.